The molecule has 0 spiro atoms. The van der Waals surface area contributed by atoms with Gasteiger partial charge in [0.15, 0.2) is 11.6 Å². The first-order chi connectivity index (χ1) is 19.3. The van der Waals surface area contributed by atoms with E-state index in [4.69, 9.17) is 11.6 Å². The van der Waals surface area contributed by atoms with Gasteiger partial charge in [-0.25, -0.2) is 13.2 Å². The van der Waals surface area contributed by atoms with Crippen molar-refractivity contribution in [2.24, 2.45) is 0 Å². The maximum absolute atomic E-state index is 15.1. The molecule has 18 heteroatoms. The highest BCUT2D eigenvalue weighted by Crippen LogP contribution is 2.55. The van der Waals surface area contributed by atoms with E-state index >= 15 is 4.39 Å². The minimum atomic E-state index is -6.61. The van der Waals surface area contributed by atoms with Gasteiger partial charge in [-0.15, -0.1) is 0 Å². The van der Waals surface area contributed by atoms with E-state index in [1.165, 1.54) is 0 Å². The fourth-order valence-corrected chi connectivity index (χ4v) is 4.22. The van der Waals surface area contributed by atoms with Crippen molar-refractivity contribution in [3.8, 4) is 5.75 Å². The van der Waals surface area contributed by atoms with Crippen LogP contribution in [0.1, 0.15) is 26.3 Å². The number of carbonyl (C=O) groups excluding carboxylic acids is 2. The molecule has 42 heavy (non-hydrogen) atoms. The standard InChI is InChI=1S/C24H11BrClF11N2O3/c25-13-6-9(22(31,23(32,33)34)24(35,36)37)7-16(42-21(29)30)18(13)39-20(41)12-2-1-3-15(17(12)28)38-19(40)11-5-4-10(27)8-14(11)26/h1-8,21H,(H,38,40)(H,39,41). The molecule has 0 atom stereocenters. The van der Waals surface area contributed by atoms with Crippen LogP contribution in [0.4, 0.5) is 59.7 Å². The minimum Gasteiger partial charge on any atom is -0.433 e. The highest BCUT2D eigenvalue weighted by molar-refractivity contribution is 9.10. The number of benzene rings is 3. The van der Waals surface area contributed by atoms with Gasteiger partial charge in [0.05, 0.1) is 27.5 Å². The lowest BCUT2D eigenvalue weighted by Crippen LogP contribution is -2.50. The molecule has 0 fully saturated rings. The SMILES string of the molecule is O=C(Nc1cccc(C(=O)Nc2c(Br)cc(C(F)(C(F)(F)F)C(F)(F)F)cc2OC(F)F)c1F)c1ccc(F)cc1Cl. The van der Waals surface area contributed by atoms with Crippen molar-refractivity contribution in [1.82, 2.24) is 0 Å². The number of nitrogens with one attached hydrogen (secondary N) is 2. The molecule has 5 nitrogen and oxygen atoms in total. The zero-order valence-corrected chi connectivity index (χ0v) is 22.2. The molecule has 0 aliphatic carbocycles. The van der Waals surface area contributed by atoms with Crippen molar-refractivity contribution in [3.05, 3.63) is 86.4 Å². The summed E-state index contributed by atoms with van der Waals surface area (Å²) in [5.74, 6) is -6.35. The molecule has 2 N–H and O–H groups in total. The lowest BCUT2D eigenvalue weighted by atomic mass is 9.93. The second-order valence-electron chi connectivity index (χ2n) is 8.06. The van der Waals surface area contributed by atoms with Crippen LogP contribution in [-0.2, 0) is 5.67 Å². The van der Waals surface area contributed by atoms with Gasteiger partial charge in [0, 0.05) is 10.0 Å². The Labute approximate surface area is 240 Å². The van der Waals surface area contributed by atoms with Crippen LogP contribution >= 0.6 is 27.5 Å². The molecular formula is C24H11BrClF11N2O3. The summed E-state index contributed by atoms with van der Waals surface area (Å²) >= 11 is 8.27. The van der Waals surface area contributed by atoms with Gasteiger partial charge < -0.3 is 15.4 Å². The molecule has 226 valence electrons. The Morgan fingerprint density at radius 3 is 1.98 bits per heavy atom. The zero-order chi connectivity index (χ0) is 31.8. The van der Waals surface area contributed by atoms with Crippen LogP contribution in [0.2, 0.25) is 5.02 Å². The van der Waals surface area contributed by atoms with E-state index in [1.807, 2.05) is 0 Å². The molecule has 3 aromatic rings. The summed E-state index contributed by atoms with van der Waals surface area (Å²) in [7, 11) is 0. The van der Waals surface area contributed by atoms with Gasteiger partial charge in [-0.1, -0.05) is 17.7 Å². The van der Waals surface area contributed by atoms with Crippen LogP contribution < -0.4 is 15.4 Å². The van der Waals surface area contributed by atoms with E-state index in [1.54, 1.807) is 5.32 Å². The van der Waals surface area contributed by atoms with Crippen LogP contribution in [0.15, 0.2) is 53.0 Å². The quantitative estimate of drug-likeness (QED) is 0.243. The van der Waals surface area contributed by atoms with Gasteiger partial charge in [0.25, 0.3) is 11.8 Å². The third-order valence-electron chi connectivity index (χ3n) is 5.35. The Morgan fingerprint density at radius 1 is 0.833 bits per heavy atom. The number of amides is 2. The maximum Gasteiger partial charge on any atom is 0.435 e. The van der Waals surface area contributed by atoms with Crippen molar-refractivity contribution in [1.29, 1.82) is 0 Å². The van der Waals surface area contributed by atoms with E-state index < -0.39 is 80.8 Å². The highest BCUT2D eigenvalue weighted by atomic mass is 79.9. The summed E-state index contributed by atoms with van der Waals surface area (Å²) in [4.78, 5) is 25.2. The van der Waals surface area contributed by atoms with Crippen LogP contribution in [0.3, 0.4) is 0 Å². The summed E-state index contributed by atoms with van der Waals surface area (Å²) in [5.41, 5.74) is -11.2. The zero-order valence-electron chi connectivity index (χ0n) is 19.8. The summed E-state index contributed by atoms with van der Waals surface area (Å²) in [6, 6.07) is 4.99. The molecule has 0 heterocycles. The monoisotopic (exact) mass is 698 g/mol. The summed E-state index contributed by atoms with van der Waals surface area (Å²) in [5, 5.41) is 3.49. The normalized spacial score (nSPS) is 12.3. The summed E-state index contributed by atoms with van der Waals surface area (Å²) in [6.07, 6.45) is -13.2. The van der Waals surface area contributed by atoms with Crippen molar-refractivity contribution in [2.75, 3.05) is 10.6 Å². The van der Waals surface area contributed by atoms with E-state index in [0.29, 0.717) is 0 Å². The average molecular weight is 700 g/mol. The average Bonchev–Trinajstić information content (AvgIpc) is 2.84. The Kier molecular flexibility index (Phi) is 9.36. The van der Waals surface area contributed by atoms with Gasteiger partial charge in [-0.3, -0.25) is 9.59 Å². The van der Waals surface area contributed by atoms with E-state index in [9.17, 15) is 53.5 Å². The Balaban J connectivity index is 2.01. The van der Waals surface area contributed by atoms with Crippen molar-refractivity contribution in [2.45, 2.75) is 24.6 Å². The molecule has 0 bridgehead atoms. The number of carbonyl (C=O) groups is 2. The third-order valence-corrected chi connectivity index (χ3v) is 6.29. The molecule has 2 amide bonds. The molecule has 3 aromatic carbocycles. The minimum absolute atomic E-state index is 0.0889. The van der Waals surface area contributed by atoms with E-state index in [0.717, 1.165) is 36.4 Å². The van der Waals surface area contributed by atoms with Crippen LogP contribution in [0, 0.1) is 11.6 Å². The Hall–Kier alpha value is -3.60. The number of hydrogen-bond donors (Lipinski definition) is 2. The molecule has 0 saturated carbocycles. The number of rotatable bonds is 7. The van der Waals surface area contributed by atoms with Gasteiger partial charge in [0.1, 0.15) is 5.82 Å². The fraction of sp³-hybridized carbons (Fsp3) is 0.167. The van der Waals surface area contributed by atoms with Crippen LogP contribution in [0.25, 0.3) is 0 Å². The molecule has 3 rings (SSSR count). The maximum atomic E-state index is 15.1. The van der Waals surface area contributed by atoms with Crippen molar-refractivity contribution >= 4 is 50.7 Å². The molecule has 0 aliphatic heterocycles. The van der Waals surface area contributed by atoms with Crippen molar-refractivity contribution in [3.63, 3.8) is 0 Å². The largest absolute Gasteiger partial charge is 0.435 e. The smallest absolute Gasteiger partial charge is 0.433 e. The number of anilines is 2. The van der Waals surface area contributed by atoms with Gasteiger partial charge in [0.2, 0.25) is 0 Å². The second-order valence-corrected chi connectivity index (χ2v) is 9.32. The van der Waals surface area contributed by atoms with Crippen LogP contribution in [0.5, 0.6) is 5.75 Å². The molecule has 0 aliphatic rings. The number of halogens is 13. The number of hydrogen-bond acceptors (Lipinski definition) is 3. The predicted molar refractivity (Wildman–Crippen MR) is 129 cm³/mol. The Bertz CT molecular complexity index is 1520. The molecule has 0 aromatic heterocycles. The van der Waals surface area contributed by atoms with Gasteiger partial charge >= 0.3 is 24.6 Å². The predicted octanol–water partition coefficient (Wildman–Crippen LogP) is 8.78. The first-order valence-corrected chi connectivity index (χ1v) is 11.9. The van der Waals surface area contributed by atoms with E-state index in [2.05, 4.69) is 26.0 Å². The van der Waals surface area contributed by atoms with Gasteiger partial charge in [-0.2, -0.15) is 35.1 Å². The summed E-state index contributed by atoms with van der Waals surface area (Å²) in [6.45, 7) is -3.89. The molecule has 0 radical (unpaired) electrons. The summed E-state index contributed by atoms with van der Waals surface area (Å²) < 4.78 is 151. The molecular weight excluding hydrogens is 689 g/mol. The lowest BCUT2D eigenvalue weighted by molar-refractivity contribution is -0.348. The fourth-order valence-electron chi connectivity index (χ4n) is 3.43. The van der Waals surface area contributed by atoms with Crippen molar-refractivity contribution < 1.29 is 62.6 Å². The van der Waals surface area contributed by atoms with E-state index in [-0.39, 0.29) is 22.7 Å². The second kappa shape index (κ2) is 11.9. The topological polar surface area (TPSA) is 67.4 Å². The van der Waals surface area contributed by atoms with Gasteiger partial charge in [-0.05, 0) is 58.4 Å². The molecule has 0 unspecified atom stereocenters. The number of ether oxygens (including phenoxy) is 1. The Morgan fingerprint density at radius 2 is 1.43 bits per heavy atom. The first kappa shape index (κ1) is 32.9. The lowest BCUT2D eigenvalue weighted by Gasteiger charge is -2.31. The first-order valence-electron chi connectivity index (χ1n) is 10.8. The number of alkyl halides is 9. The third kappa shape index (κ3) is 6.56. The molecule has 0 saturated heterocycles. The highest BCUT2D eigenvalue weighted by Gasteiger charge is 2.73. The van der Waals surface area contributed by atoms with Crippen LogP contribution in [-0.4, -0.2) is 30.8 Å².